The van der Waals surface area contributed by atoms with E-state index in [4.69, 9.17) is 0 Å². The van der Waals surface area contributed by atoms with Crippen LogP contribution in [0.5, 0.6) is 0 Å². The summed E-state index contributed by atoms with van der Waals surface area (Å²) in [5, 5.41) is 2.75. The van der Waals surface area contributed by atoms with Gasteiger partial charge in [0.25, 0.3) is 10.0 Å². The summed E-state index contributed by atoms with van der Waals surface area (Å²) in [4.78, 5) is 26.5. The number of carbonyl (C=O) groups is 2. The van der Waals surface area contributed by atoms with Crippen LogP contribution in [0, 0.1) is 0 Å². The Morgan fingerprint density at radius 3 is 2.12 bits per heavy atom. The van der Waals surface area contributed by atoms with Crippen molar-refractivity contribution >= 4 is 38.9 Å². The van der Waals surface area contributed by atoms with E-state index in [-0.39, 0.29) is 17.3 Å². The second-order valence-electron chi connectivity index (χ2n) is 7.40. The van der Waals surface area contributed by atoms with Crippen molar-refractivity contribution in [2.24, 2.45) is 0 Å². The maximum atomic E-state index is 13.3. The van der Waals surface area contributed by atoms with E-state index >= 15 is 0 Å². The molecule has 8 heteroatoms. The third-order valence-corrected chi connectivity index (χ3v) is 6.99. The lowest BCUT2D eigenvalue weighted by atomic mass is 10.2. The van der Waals surface area contributed by atoms with Gasteiger partial charge in [0, 0.05) is 24.3 Å². The predicted octanol–water partition coefficient (Wildman–Crippen LogP) is 3.65. The fraction of sp³-hybridized carbons (Fsp3) is 0.167. The molecule has 0 radical (unpaired) electrons. The number of nitrogens with zero attached hydrogens (tertiary/aromatic N) is 2. The highest BCUT2D eigenvalue weighted by Gasteiger charge is 2.27. The van der Waals surface area contributed by atoms with Gasteiger partial charge in [0.1, 0.15) is 6.54 Å². The Morgan fingerprint density at radius 2 is 1.53 bits per heavy atom. The Balaban J connectivity index is 1.52. The predicted molar refractivity (Wildman–Crippen MR) is 124 cm³/mol. The Kier molecular flexibility index (Phi) is 6.23. The molecule has 0 saturated carbocycles. The molecule has 1 fully saturated rings. The smallest absolute Gasteiger partial charge is 0.264 e. The Hall–Kier alpha value is -3.65. The lowest BCUT2D eigenvalue weighted by Crippen LogP contribution is -2.38. The molecule has 0 aliphatic carbocycles. The summed E-state index contributed by atoms with van der Waals surface area (Å²) in [6.45, 7) is 0.307. The molecule has 164 valence electrons. The van der Waals surface area contributed by atoms with Crippen LogP contribution in [-0.2, 0) is 19.6 Å². The Labute approximate surface area is 187 Å². The number of hydrogen-bond donors (Lipinski definition) is 1. The normalized spacial score (nSPS) is 13.8. The van der Waals surface area contributed by atoms with Crippen LogP contribution in [0.25, 0.3) is 0 Å². The van der Waals surface area contributed by atoms with Crippen LogP contribution in [0.15, 0.2) is 89.8 Å². The lowest BCUT2D eigenvalue weighted by Gasteiger charge is -2.24. The fourth-order valence-electron chi connectivity index (χ4n) is 3.61. The van der Waals surface area contributed by atoms with E-state index in [9.17, 15) is 18.0 Å². The van der Waals surface area contributed by atoms with Gasteiger partial charge in [-0.1, -0.05) is 36.4 Å². The van der Waals surface area contributed by atoms with E-state index < -0.39 is 15.9 Å². The second-order valence-corrected chi connectivity index (χ2v) is 9.27. The molecular formula is C24H23N3O4S. The number of rotatable bonds is 7. The van der Waals surface area contributed by atoms with Gasteiger partial charge in [-0.3, -0.25) is 13.9 Å². The minimum Gasteiger partial charge on any atom is -0.325 e. The number of anilines is 3. The summed E-state index contributed by atoms with van der Waals surface area (Å²) in [7, 11) is -3.94. The van der Waals surface area contributed by atoms with E-state index in [1.165, 1.54) is 12.1 Å². The highest BCUT2D eigenvalue weighted by Crippen LogP contribution is 2.25. The molecule has 4 rings (SSSR count). The van der Waals surface area contributed by atoms with Crippen LogP contribution in [0.4, 0.5) is 17.1 Å². The van der Waals surface area contributed by atoms with Crippen LogP contribution < -0.4 is 14.5 Å². The summed E-state index contributed by atoms with van der Waals surface area (Å²) in [5.41, 5.74) is 1.70. The molecule has 1 aliphatic rings. The Morgan fingerprint density at radius 1 is 0.906 bits per heavy atom. The highest BCUT2D eigenvalue weighted by atomic mass is 32.2. The molecule has 1 saturated heterocycles. The van der Waals surface area contributed by atoms with Crippen molar-refractivity contribution in [1.29, 1.82) is 0 Å². The molecule has 0 atom stereocenters. The van der Waals surface area contributed by atoms with Crippen LogP contribution in [-0.4, -0.2) is 33.3 Å². The average molecular weight is 450 g/mol. The van der Waals surface area contributed by atoms with E-state index in [0.29, 0.717) is 24.3 Å². The number of carbonyl (C=O) groups excluding carboxylic acids is 2. The van der Waals surface area contributed by atoms with Crippen molar-refractivity contribution in [2.45, 2.75) is 17.7 Å². The second kappa shape index (κ2) is 9.23. The standard InChI is InChI=1S/C24H23N3O4S/c28-23(25-19-13-15-20(16-14-19)26-17-7-12-24(26)29)18-27(21-8-3-1-4-9-21)32(30,31)22-10-5-2-6-11-22/h1-6,8-11,13-16H,7,12,17-18H2,(H,25,28). The Bertz CT molecular complexity index is 1200. The zero-order valence-corrected chi connectivity index (χ0v) is 18.2. The third kappa shape index (κ3) is 4.65. The van der Waals surface area contributed by atoms with Gasteiger partial charge in [0.05, 0.1) is 10.6 Å². The molecule has 1 heterocycles. The molecule has 0 spiro atoms. The minimum absolute atomic E-state index is 0.0893. The fourth-order valence-corrected chi connectivity index (χ4v) is 5.05. The molecule has 3 aromatic rings. The van der Waals surface area contributed by atoms with Crippen LogP contribution in [0.3, 0.4) is 0 Å². The van der Waals surface area contributed by atoms with Crippen molar-refractivity contribution < 1.29 is 18.0 Å². The number of amides is 2. The largest absolute Gasteiger partial charge is 0.325 e. The zero-order chi connectivity index (χ0) is 22.6. The van der Waals surface area contributed by atoms with Gasteiger partial charge in [0.2, 0.25) is 11.8 Å². The molecule has 0 aromatic heterocycles. The van der Waals surface area contributed by atoms with Crippen molar-refractivity contribution in [3.8, 4) is 0 Å². The van der Waals surface area contributed by atoms with Crippen LogP contribution in [0.1, 0.15) is 12.8 Å². The first-order chi connectivity index (χ1) is 15.4. The van der Waals surface area contributed by atoms with Gasteiger partial charge in [0.15, 0.2) is 0 Å². The maximum absolute atomic E-state index is 13.3. The first-order valence-corrected chi connectivity index (χ1v) is 11.7. The number of sulfonamides is 1. The van der Waals surface area contributed by atoms with Crippen molar-refractivity contribution in [1.82, 2.24) is 0 Å². The highest BCUT2D eigenvalue weighted by molar-refractivity contribution is 7.92. The summed E-state index contributed by atoms with van der Waals surface area (Å²) in [6.07, 6.45) is 1.38. The lowest BCUT2D eigenvalue weighted by molar-refractivity contribution is -0.117. The molecule has 1 N–H and O–H groups in total. The summed E-state index contributed by atoms with van der Waals surface area (Å²) >= 11 is 0. The summed E-state index contributed by atoms with van der Waals surface area (Å²) in [5.74, 6) is -0.384. The summed E-state index contributed by atoms with van der Waals surface area (Å²) in [6, 6.07) is 23.5. The third-order valence-electron chi connectivity index (χ3n) is 5.20. The van der Waals surface area contributed by atoms with Crippen molar-refractivity contribution in [3.63, 3.8) is 0 Å². The number of nitrogens with one attached hydrogen (secondary N) is 1. The quantitative estimate of drug-likeness (QED) is 0.597. The molecule has 0 bridgehead atoms. The van der Waals surface area contributed by atoms with Crippen LogP contribution in [0.2, 0.25) is 0 Å². The molecule has 3 aromatic carbocycles. The van der Waals surface area contributed by atoms with Crippen molar-refractivity contribution in [2.75, 3.05) is 27.6 Å². The first-order valence-electron chi connectivity index (χ1n) is 10.3. The molecule has 1 aliphatic heterocycles. The molecule has 32 heavy (non-hydrogen) atoms. The van der Waals surface area contributed by atoms with Crippen molar-refractivity contribution in [3.05, 3.63) is 84.9 Å². The molecule has 2 amide bonds. The first kappa shape index (κ1) is 21.6. The number of hydrogen-bond acceptors (Lipinski definition) is 4. The minimum atomic E-state index is -3.94. The van der Waals surface area contributed by atoms with Gasteiger partial charge in [-0.05, 0) is 55.0 Å². The topological polar surface area (TPSA) is 86.8 Å². The van der Waals surface area contributed by atoms with Gasteiger partial charge >= 0.3 is 0 Å². The van der Waals surface area contributed by atoms with E-state index in [2.05, 4.69) is 5.32 Å². The van der Waals surface area contributed by atoms with Gasteiger partial charge in [-0.15, -0.1) is 0 Å². The van der Waals surface area contributed by atoms with Gasteiger partial charge in [-0.25, -0.2) is 8.42 Å². The van der Waals surface area contributed by atoms with Gasteiger partial charge in [-0.2, -0.15) is 0 Å². The average Bonchev–Trinajstić information content (AvgIpc) is 3.25. The van der Waals surface area contributed by atoms with E-state index in [1.807, 2.05) is 0 Å². The van der Waals surface area contributed by atoms with E-state index in [1.54, 1.807) is 77.7 Å². The molecular weight excluding hydrogens is 426 g/mol. The van der Waals surface area contributed by atoms with Crippen LogP contribution >= 0.6 is 0 Å². The monoisotopic (exact) mass is 449 g/mol. The SMILES string of the molecule is O=C(CN(c1ccccc1)S(=O)(=O)c1ccccc1)Nc1ccc(N2CCCC2=O)cc1. The van der Waals surface area contributed by atoms with E-state index in [0.717, 1.165) is 16.4 Å². The molecule has 7 nitrogen and oxygen atoms in total. The summed E-state index contributed by atoms with van der Waals surface area (Å²) < 4.78 is 27.6. The maximum Gasteiger partial charge on any atom is 0.264 e. The molecule has 0 unspecified atom stereocenters. The van der Waals surface area contributed by atoms with Gasteiger partial charge < -0.3 is 10.2 Å². The number of benzene rings is 3. The zero-order valence-electron chi connectivity index (χ0n) is 17.3. The number of para-hydroxylation sites is 1.